The van der Waals surface area contributed by atoms with Crippen LogP contribution in [0.1, 0.15) is 24.5 Å². The molecule has 0 N–H and O–H groups in total. The Morgan fingerprint density at radius 1 is 0.912 bits per heavy atom. The van der Waals surface area contributed by atoms with E-state index in [1.54, 1.807) is 19.1 Å². The number of aryl methyl sites for hydroxylation is 1. The lowest BCUT2D eigenvalue weighted by atomic mass is 10.1. The molecule has 0 saturated carbocycles. The molecule has 4 rings (SSSR count). The second-order valence-corrected chi connectivity index (χ2v) is 9.82. The molecule has 0 radical (unpaired) electrons. The standard InChI is InChI=1S/C26H23F3N2O2S/c1-3-15-31(25-18(2)17-30-24-22(25)13-8-14-23(24)26(27,28)29)34(32,33)21-12-7-11-20(16-21)19-9-5-4-6-10-19/h4-14,16-17H,3,15H2,1-2H3. The predicted molar refractivity (Wildman–Crippen MR) is 128 cm³/mol. The minimum Gasteiger partial charge on any atom is -0.265 e. The van der Waals surface area contributed by atoms with Crippen LogP contribution in [-0.2, 0) is 16.2 Å². The number of nitrogens with zero attached hydrogens (tertiary/aromatic N) is 2. The van der Waals surface area contributed by atoms with Crippen LogP contribution < -0.4 is 4.31 Å². The SMILES string of the molecule is CCCN(c1c(C)cnc2c(C(F)(F)F)cccc12)S(=O)(=O)c1cccc(-c2ccccc2)c1. The third-order valence-corrected chi connectivity index (χ3v) is 7.36. The summed E-state index contributed by atoms with van der Waals surface area (Å²) >= 11 is 0. The topological polar surface area (TPSA) is 50.3 Å². The number of pyridine rings is 1. The first-order valence-electron chi connectivity index (χ1n) is 10.8. The number of fused-ring (bicyclic) bond motifs is 1. The van der Waals surface area contributed by atoms with Crippen molar-refractivity contribution in [3.05, 3.63) is 90.1 Å². The van der Waals surface area contributed by atoms with E-state index in [1.807, 2.05) is 43.3 Å². The van der Waals surface area contributed by atoms with Crippen LogP contribution in [0.5, 0.6) is 0 Å². The molecule has 34 heavy (non-hydrogen) atoms. The van der Waals surface area contributed by atoms with Crippen molar-refractivity contribution >= 4 is 26.6 Å². The van der Waals surface area contributed by atoms with E-state index in [1.165, 1.54) is 28.7 Å². The summed E-state index contributed by atoms with van der Waals surface area (Å²) in [5.74, 6) is 0. The second kappa shape index (κ2) is 9.10. The van der Waals surface area contributed by atoms with Crippen LogP contribution in [0.2, 0.25) is 0 Å². The summed E-state index contributed by atoms with van der Waals surface area (Å²) in [6.07, 6.45) is -2.84. The van der Waals surface area contributed by atoms with Gasteiger partial charge in [-0.25, -0.2) is 8.42 Å². The molecule has 0 amide bonds. The first-order valence-corrected chi connectivity index (χ1v) is 12.2. The maximum Gasteiger partial charge on any atom is 0.418 e. The summed E-state index contributed by atoms with van der Waals surface area (Å²) in [4.78, 5) is 4.09. The van der Waals surface area contributed by atoms with Crippen LogP contribution in [0, 0.1) is 6.92 Å². The highest BCUT2D eigenvalue weighted by atomic mass is 32.2. The number of halogens is 3. The van der Waals surface area contributed by atoms with Crippen molar-refractivity contribution in [3.63, 3.8) is 0 Å². The lowest BCUT2D eigenvalue weighted by Gasteiger charge is -2.27. The van der Waals surface area contributed by atoms with Crippen LogP contribution in [0.3, 0.4) is 0 Å². The lowest BCUT2D eigenvalue weighted by Crippen LogP contribution is -2.32. The predicted octanol–water partition coefficient (Wildman–Crippen LogP) is 6.83. The van der Waals surface area contributed by atoms with Gasteiger partial charge in [0.05, 0.1) is 21.7 Å². The summed E-state index contributed by atoms with van der Waals surface area (Å²) in [5, 5.41) is 0.145. The summed E-state index contributed by atoms with van der Waals surface area (Å²) in [6.45, 7) is 3.58. The summed E-state index contributed by atoms with van der Waals surface area (Å²) in [6, 6.07) is 19.7. The van der Waals surface area contributed by atoms with Crippen molar-refractivity contribution in [1.82, 2.24) is 4.98 Å². The fourth-order valence-electron chi connectivity index (χ4n) is 4.02. The molecule has 4 aromatic rings. The molecule has 1 heterocycles. The number of aromatic nitrogens is 1. The third-order valence-electron chi connectivity index (χ3n) is 5.56. The zero-order valence-corrected chi connectivity index (χ0v) is 19.5. The van der Waals surface area contributed by atoms with Gasteiger partial charge in [-0.05, 0) is 48.2 Å². The Bertz CT molecular complexity index is 1440. The van der Waals surface area contributed by atoms with Gasteiger partial charge in [-0.3, -0.25) is 9.29 Å². The molecule has 0 unspecified atom stereocenters. The Balaban J connectivity index is 1.92. The zero-order chi connectivity index (χ0) is 24.5. The van der Waals surface area contributed by atoms with Gasteiger partial charge in [-0.15, -0.1) is 0 Å². The third kappa shape index (κ3) is 4.37. The van der Waals surface area contributed by atoms with E-state index in [4.69, 9.17) is 0 Å². The smallest absolute Gasteiger partial charge is 0.265 e. The first kappa shape index (κ1) is 23.8. The first-order chi connectivity index (χ1) is 16.1. The van der Waals surface area contributed by atoms with Crippen molar-refractivity contribution in [1.29, 1.82) is 0 Å². The molecule has 4 nitrogen and oxygen atoms in total. The van der Waals surface area contributed by atoms with Crippen LogP contribution in [0.15, 0.2) is 83.9 Å². The van der Waals surface area contributed by atoms with Gasteiger partial charge in [0.2, 0.25) is 0 Å². The van der Waals surface area contributed by atoms with Gasteiger partial charge >= 0.3 is 6.18 Å². The highest BCUT2D eigenvalue weighted by Crippen LogP contribution is 2.39. The summed E-state index contributed by atoms with van der Waals surface area (Å²) in [5.41, 5.74) is 1.11. The molecule has 176 valence electrons. The zero-order valence-electron chi connectivity index (χ0n) is 18.7. The monoisotopic (exact) mass is 484 g/mol. The Hall–Kier alpha value is -3.39. The van der Waals surface area contributed by atoms with Gasteiger partial charge in [-0.1, -0.05) is 61.5 Å². The molecule has 1 aromatic heterocycles. The van der Waals surface area contributed by atoms with E-state index in [0.29, 0.717) is 12.0 Å². The average molecular weight is 485 g/mol. The number of benzene rings is 3. The molecule has 8 heteroatoms. The molecule has 0 saturated heterocycles. The van der Waals surface area contributed by atoms with E-state index in [0.717, 1.165) is 17.2 Å². The number of sulfonamides is 1. The van der Waals surface area contributed by atoms with E-state index >= 15 is 0 Å². The van der Waals surface area contributed by atoms with Gasteiger partial charge < -0.3 is 0 Å². The van der Waals surface area contributed by atoms with Crippen molar-refractivity contribution in [2.75, 3.05) is 10.8 Å². The highest BCUT2D eigenvalue weighted by molar-refractivity contribution is 7.92. The summed E-state index contributed by atoms with van der Waals surface area (Å²) in [7, 11) is -4.08. The molecule has 3 aromatic carbocycles. The number of para-hydroxylation sites is 1. The molecular formula is C26H23F3N2O2S. The second-order valence-electron chi connectivity index (χ2n) is 7.96. The number of rotatable bonds is 6. The van der Waals surface area contributed by atoms with Gasteiger partial charge in [0.15, 0.2) is 0 Å². The van der Waals surface area contributed by atoms with Crippen molar-refractivity contribution < 1.29 is 21.6 Å². The molecule has 0 atom stereocenters. The molecule has 0 fully saturated rings. The number of hydrogen-bond acceptors (Lipinski definition) is 3. The molecule has 0 spiro atoms. The maximum atomic E-state index is 13.9. The molecule has 0 aliphatic heterocycles. The van der Waals surface area contributed by atoms with Crippen LogP contribution in [0.4, 0.5) is 18.9 Å². The van der Waals surface area contributed by atoms with Crippen LogP contribution in [0.25, 0.3) is 22.0 Å². The minimum atomic E-state index is -4.61. The molecule has 0 bridgehead atoms. The van der Waals surface area contributed by atoms with Gasteiger partial charge in [0, 0.05) is 18.1 Å². The molecular weight excluding hydrogens is 461 g/mol. The number of hydrogen-bond donors (Lipinski definition) is 0. The van der Waals surface area contributed by atoms with Gasteiger partial charge in [0.25, 0.3) is 10.0 Å². The highest BCUT2D eigenvalue weighted by Gasteiger charge is 2.35. The van der Waals surface area contributed by atoms with Crippen molar-refractivity contribution in [2.45, 2.75) is 31.3 Å². The fraction of sp³-hybridized carbons (Fsp3) is 0.192. The van der Waals surface area contributed by atoms with Gasteiger partial charge in [-0.2, -0.15) is 13.2 Å². The van der Waals surface area contributed by atoms with Crippen molar-refractivity contribution in [3.8, 4) is 11.1 Å². The maximum absolute atomic E-state index is 13.9. The van der Waals surface area contributed by atoms with Crippen LogP contribution >= 0.6 is 0 Å². The van der Waals surface area contributed by atoms with Crippen LogP contribution in [-0.4, -0.2) is 19.9 Å². The Kier molecular flexibility index (Phi) is 6.36. The quantitative estimate of drug-likeness (QED) is 0.301. The Morgan fingerprint density at radius 3 is 2.26 bits per heavy atom. The fourth-order valence-corrected chi connectivity index (χ4v) is 5.70. The van der Waals surface area contributed by atoms with E-state index in [-0.39, 0.29) is 28.0 Å². The minimum absolute atomic E-state index is 0.0682. The number of alkyl halides is 3. The summed E-state index contributed by atoms with van der Waals surface area (Å²) < 4.78 is 69.8. The molecule has 0 aliphatic rings. The lowest BCUT2D eigenvalue weighted by molar-refractivity contribution is -0.136. The van der Waals surface area contributed by atoms with E-state index in [2.05, 4.69) is 4.98 Å². The Morgan fingerprint density at radius 2 is 1.59 bits per heavy atom. The van der Waals surface area contributed by atoms with Gasteiger partial charge in [0.1, 0.15) is 0 Å². The Labute approximate surface area is 196 Å². The van der Waals surface area contributed by atoms with E-state index < -0.39 is 21.8 Å². The number of anilines is 1. The molecule has 0 aliphatic carbocycles. The normalized spacial score (nSPS) is 12.1. The van der Waals surface area contributed by atoms with E-state index in [9.17, 15) is 21.6 Å². The largest absolute Gasteiger partial charge is 0.418 e. The average Bonchev–Trinajstić information content (AvgIpc) is 2.82. The van der Waals surface area contributed by atoms with Crippen molar-refractivity contribution in [2.24, 2.45) is 0 Å².